The Morgan fingerprint density at radius 3 is 2.54 bits per heavy atom. The second-order valence-electron chi connectivity index (χ2n) is 4.69. The summed E-state index contributed by atoms with van der Waals surface area (Å²) < 4.78 is 32.8. The standard InChI is InChI=1S/C17H9BrClF2NOS/c18-14-8-12(9-22-16-6-3-11(20)7-15(16)21)23-17(14)24-13-4-1-10(19)2-5-13/h1-9H. The van der Waals surface area contributed by atoms with E-state index in [1.54, 1.807) is 18.2 Å². The van der Waals surface area contributed by atoms with Crippen molar-refractivity contribution >= 4 is 51.2 Å². The number of hydrogen-bond donors (Lipinski definition) is 0. The van der Waals surface area contributed by atoms with Crippen molar-refractivity contribution in [1.29, 1.82) is 0 Å². The molecule has 0 aliphatic rings. The van der Waals surface area contributed by atoms with Gasteiger partial charge in [0.1, 0.15) is 11.6 Å². The maximum absolute atomic E-state index is 13.5. The zero-order chi connectivity index (χ0) is 17.1. The minimum absolute atomic E-state index is 0.0378. The monoisotopic (exact) mass is 427 g/mol. The van der Waals surface area contributed by atoms with Crippen molar-refractivity contribution < 1.29 is 13.2 Å². The summed E-state index contributed by atoms with van der Waals surface area (Å²) in [4.78, 5) is 4.94. The van der Waals surface area contributed by atoms with Crippen molar-refractivity contribution in [3.63, 3.8) is 0 Å². The number of nitrogens with zero attached hydrogens (tertiary/aromatic N) is 1. The number of furan rings is 1. The fourth-order valence-electron chi connectivity index (χ4n) is 1.83. The van der Waals surface area contributed by atoms with Crippen LogP contribution in [0, 0.1) is 11.6 Å². The molecule has 0 N–H and O–H groups in total. The first-order valence-electron chi connectivity index (χ1n) is 6.73. The Labute approximate surface area is 154 Å². The Morgan fingerprint density at radius 1 is 1.08 bits per heavy atom. The zero-order valence-corrected chi connectivity index (χ0v) is 15.1. The van der Waals surface area contributed by atoms with Crippen LogP contribution in [0.25, 0.3) is 0 Å². The lowest BCUT2D eigenvalue weighted by molar-refractivity contribution is 0.466. The van der Waals surface area contributed by atoms with Gasteiger partial charge in [0.2, 0.25) is 0 Å². The van der Waals surface area contributed by atoms with E-state index in [1.165, 1.54) is 24.0 Å². The number of hydrogen-bond acceptors (Lipinski definition) is 3. The highest BCUT2D eigenvalue weighted by atomic mass is 79.9. The summed E-state index contributed by atoms with van der Waals surface area (Å²) >= 11 is 10.7. The Morgan fingerprint density at radius 2 is 1.83 bits per heavy atom. The first-order valence-corrected chi connectivity index (χ1v) is 8.72. The Hall–Kier alpha value is -1.63. The van der Waals surface area contributed by atoms with Crippen LogP contribution in [0.15, 0.2) is 72.4 Å². The molecule has 122 valence electrons. The predicted molar refractivity (Wildman–Crippen MR) is 95.6 cm³/mol. The third-order valence-electron chi connectivity index (χ3n) is 2.94. The van der Waals surface area contributed by atoms with Crippen molar-refractivity contribution in [3.05, 3.63) is 75.4 Å². The smallest absolute Gasteiger partial charge is 0.179 e. The van der Waals surface area contributed by atoms with Gasteiger partial charge in [0, 0.05) is 22.1 Å². The Bertz CT molecular complexity index is 896. The van der Waals surface area contributed by atoms with Crippen molar-refractivity contribution in [3.8, 4) is 0 Å². The van der Waals surface area contributed by atoms with E-state index in [0.717, 1.165) is 21.5 Å². The summed E-state index contributed by atoms with van der Waals surface area (Å²) in [6.07, 6.45) is 1.38. The minimum Gasteiger partial charge on any atom is -0.447 e. The molecule has 1 aromatic heterocycles. The normalized spacial score (nSPS) is 11.3. The van der Waals surface area contributed by atoms with Crippen molar-refractivity contribution in [2.24, 2.45) is 4.99 Å². The second-order valence-corrected chi connectivity index (χ2v) is 7.03. The van der Waals surface area contributed by atoms with Gasteiger partial charge >= 0.3 is 0 Å². The third-order valence-corrected chi connectivity index (χ3v) is 5.04. The molecule has 24 heavy (non-hydrogen) atoms. The Balaban J connectivity index is 1.78. The molecule has 0 radical (unpaired) electrons. The SMILES string of the molecule is Fc1ccc(N=Cc2cc(Br)c(Sc3ccc(Cl)cc3)o2)c(F)c1. The molecule has 0 aliphatic heterocycles. The van der Waals surface area contributed by atoms with Gasteiger partial charge in [-0.25, -0.2) is 13.8 Å². The van der Waals surface area contributed by atoms with E-state index in [-0.39, 0.29) is 5.69 Å². The molecule has 0 saturated heterocycles. The fourth-order valence-corrected chi connectivity index (χ4v) is 3.29. The summed E-state index contributed by atoms with van der Waals surface area (Å²) in [6, 6.07) is 12.3. The maximum atomic E-state index is 13.5. The van der Waals surface area contributed by atoms with Crippen LogP contribution in [-0.4, -0.2) is 6.21 Å². The van der Waals surface area contributed by atoms with E-state index < -0.39 is 11.6 Å². The summed E-state index contributed by atoms with van der Waals surface area (Å²) in [6.45, 7) is 0. The molecule has 0 unspecified atom stereocenters. The summed E-state index contributed by atoms with van der Waals surface area (Å²) in [7, 11) is 0. The van der Waals surface area contributed by atoms with Crippen molar-refractivity contribution in [2.45, 2.75) is 9.99 Å². The molecule has 7 heteroatoms. The molecular weight excluding hydrogens is 420 g/mol. The highest BCUT2D eigenvalue weighted by Gasteiger charge is 2.10. The quantitative estimate of drug-likeness (QED) is 0.423. The number of benzene rings is 2. The van der Waals surface area contributed by atoms with Crippen LogP contribution < -0.4 is 0 Å². The van der Waals surface area contributed by atoms with E-state index in [9.17, 15) is 8.78 Å². The molecule has 2 aromatic carbocycles. The van der Waals surface area contributed by atoms with E-state index in [2.05, 4.69) is 20.9 Å². The third kappa shape index (κ3) is 4.26. The molecule has 2 nitrogen and oxygen atoms in total. The van der Waals surface area contributed by atoms with Gasteiger partial charge < -0.3 is 4.42 Å². The summed E-state index contributed by atoms with van der Waals surface area (Å²) in [5.41, 5.74) is 0.0378. The first-order chi connectivity index (χ1) is 11.5. The molecule has 3 rings (SSSR count). The predicted octanol–water partition coefficient (Wildman–Crippen LogP) is 6.88. The van der Waals surface area contributed by atoms with Gasteiger partial charge in [-0.15, -0.1) is 0 Å². The molecule has 0 bridgehead atoms. The molecule has 0 spiro atoms. The first kappa shape index (κ1) is 17.2. The average Bonchev–Trinajstić information content (AvgIpc) is 2.89. The lowest BCUT2D eigenvalue weighted by atomic mass is 10.3. The second kappa shape index (κ2) is 7.51. The topological polar surface area (TPSA) is 25.5 Å². The molecule has 0 amide bonds. The largest absolute Gasteiger partial charge is 0.447 e. The van der Waals surface area contributed by atoms with Crippen LogP contribution in [0.3, 0.4) is 0 Å². The maximum Gasteiger partial charge on any atom is 0.179 e. The molecule has 0 saturated carbocycles. The molecule has 0 fully saturated rings. The van der Waals surface area contributed by atoms with Gasteiger partial charge in [0.25, 0.3) is 0 Å². The molecule has 1 heterocycles. The van der Waals surface area contributed by atoms with E-state index in [4.69, 9.17) is 16.0 Å². The fraction of sp³-hybridized carbons (Fsp3) is 0. The highest BCUT2D eigenvalue weighted by Crippen LogP contribution is 2.36. The molecule has 0 aliphatic carbocycles. The lowest BCUT2D eigenvalue weighted by Gasteiger charge is -1.98. The van der Waals surface area contributed by atoms with E-state index in [1.807, 2.05) is 12.1 Å². The van der Waals surface area contributed by atoms with Gasteiger partial charge in [0.05, 0.1) is 16.4 Å². The van der Waals surface area contributed by atoms with Crippen LogP contribution in [-0.2, 0) is 0 Å². The number of halogens is 4. The van der Waals surface area contributed by atoms with Crippen LogP contribution in [0.5, 0.6) is 0 Å². The Kier molecular flexibility index (Phi) is 5.38. The van der Waals surface area contributed by atoms with Gasteiger partial charge in [0.15, 0.2) is 10.9 Å². The van der Waals surface area contributed by atoms with Gasteiger partial charge in [-0.3, -0.25) is 0 Å². The molecule has 3 aromatic rings. The van der Waals surface area contributed by atoms with Gasteiger partial charge in [-0.05, 0) is 52.3 Å². The number of aliphatic imine (C=N–C) groups is 1. The van der Waals surface area contributed by atoms with E-state index >= 15 is 0 Å². The van der Waals surface area contributed by atoms with Crippen molar-refractivity contribution in [2.75, 3.05) is 0 Å². The highest BCUT2D eigenvalue weighted by molar-refractivity contribution is 9.10. The number of rotatable bonds is 4. The van der Waals surface area contributed by atoms with E-state index in [0.29, 0.717) is 15.9 Å². The lowest BCUT2D eigenvalue weighted by Crippen LogP contribution is -1.81. The zero-order valence-electron chi connectivity index (χ0n) is 12.0. The average molecular weight is 429 g/mol. The van der Waals surface area contributed by atoms with Crippen molar-refractivity contribution in [1.82, 2.24) is 0 Å². The van der Waals surface area contributed by atoms with Gasteiger partial charge in [-0.2, -0.15) is 0 Å². The van der Waals surface area contributed by atoms with Crippen LogP contribution in [0.1, 0.15) is 5.76 Å². The van der Waals surface area contributed by atoms with Crippen LogP contribution in [0.4, 0.5) is 14.5 Å². The van der Waals surface area contributed by atoms with Crippen LogP contribution >= 0.6 is 39.3 Å². The summed E-state index contributed by atoms with van der Waals surface area (Å²) in [5.74, 6) is -0.927. The molecular formula is C17H9BrClF2NOS. The molecule has 0 atom stereocenters. The van der Waals surface area contributed by atoms with Gasteiger partial charge in [-0.1, -0.05) is 23.4 Å². The minimum atomic E-state index is -0.729. The van der Waals surface area contributed by atoms with Crippen LogP contribution in [0.2, 0.25) is 5.02 Å². The summed E-state index contributed by atoms with van der Waals surface area (Å²) in [5, 5.41) is 1.30.